The summed E-state index contributed by atoms with van der Waals surface area (Å²) >= 11 is 0. The Labute approximate surface area is 219 Å². The Bertz CT molecular complexity index is 1150. The van der Waals surface area contributed by atoms with Crippen LogP contribution in [-0.4, -0.2) is 49.9 Å². The third kappa shape index (κ3) is 3.95. The van der Waals surface area contributed by atoms with Crippen molar-refractivity contribution in [2.75, 3.05) is 33.0 Å². The zero-order chi connectivity index (χ0) is 24.8. The number of ether oxygens (including phenoxy) is 3. The van der Waals surface area contributed by atoms with Gasteiger partial charge in [-0.2, -0.15) is 0 Å². The number of carbonyl (C=O) groups is 1. The van der Waals surface area contributed by atoms with Crippen LogP contribution in [0, 0.1) is 11.8 Å². The molecule has 2 aromatic rings. The highest BCUT2D eigenvalue weighted by atomic mass is 16.7. The van der Waals surface area contributed by atoms with E-state index in [0.29, 0.717) is 37.0 Å². The number of nitrogens with two attached hydrogens (primary N) is 1. The molecule has 1 aliphatic carbocycles. The Kier molecular flexibility index (Phi) is 6.13. The van der Waals surface area contributed by atoms with Crippen LogP contribution < -0.4 is 14.8 Å². The number of quaternary nitrogens is 1. The Morgan fingerprint density at radius 1 is 1.00 bits per heavy atom. The molecule has 6 heteroatoms. The third-order valence-corrected chi connectivity index (χ3v) is 10.1. The summed E-state index contributed by atoms with van der Waals surface area (Å²) in [6, 6.07) is 15.5. The number of piperidine rings is 1. The Morgan fingerprint density at radius 3 is 2.73 bits per heavy atom. The molecule has 7 rings (SSSR count). The minimum absolute atomic E-state index is 0.0775. The lowest BCUT2D eigenvalue weighted by Gasteiger charge is -2.47. The number of benzene rings is 2. The third-order valence-electron chi connectivity index (χ3n) is 10.1. The number of nitrogens with zero attached hydrogens (tertiary/aromatic N) is 1. The van der Waals surface area contributed by atoms with Crippen molar-refractivity contribution in [1.29, 1.82) is 0 Å². The number of likely N-dealkylation sites (tertiary alicyclic amines) is 1. The van der Waals surface area contributed by atoms with Crippen LogP contribution in [0.2, 0.25) is 0 Å². The van der Waals surface area contributed by atoms with Gasteiger partial charge in [0.1, 0.15) is 5.92 Å². The number of hydrogen-bond donors (Lipinski definition) is 1. The first-order valence-electron chi connectivity index (χ1n) is 14.4. The van der Waals surface area contributed by atoms with Crippen molar-refractivity contribution >= 4 is 5.91 Å². The second kappa shape index (κ2) is 9.63. The Morgan fingerprint density at radius 2 is 1.86 bits per heavy atom. The lowest BCUT2D eigenvalue weighted by atomic mass is 9.68. The van der Waals surface area contributed by atoms with Crippen LogP contribution in [0.25, 0.3) is 0 Å². The standard InChI is InChI=1S/C31H38N2O4/c34-30(26-16-32-18-31(26)19-35-17-24-25(31)11-12-28-29(24)37-20-36-28)33-14-13-23(21-7-3-1-4-8-21)15-27(33)22-9-5-2-6-10-22/h1,3-4,7-8,11-12,22-23,26-27,32H,2,5-6,9-10,13-20H2/p+1/t23-,26+,27+,31-/m1/s1. The summed E-state index contributed by atoms with van der Waals surface area (Å²) in [5.41, 5.74) is 3.45. The van der Waals surface area contributed by atoms with Crippen LogP contribution in [0.4, 0.5) is 0 Å². The first-order valence-corrected chi connectivity index (χ1v) is 14.4. The van der Waals surface area contributed by atoms with Gasteiger partial charge in [0.2, 0.25) is 12.7 Å². The van der Waals surface area contributed by atoms with Gasteiger partial charge < -0.3 is 24.4 Å². The molecule has 4 atom stereocenters. The van der Waals surface area contributed by atoms with E-state index in [0.717, 1.165) is 49.5 Å². The fourth-order valence-corrected chi connectivity index (χ4v) is 8.19. The number of carbonyl (C=O) groups excluding carboxylic acids is 1. The van der Waals surface area contributed by atoms with Crippen LogP contribution >= 0.6 is 0 Å². The van der Waals surface area contributed by atoms with Crippen molar-refractivity contribution in [3.05, 3.63) is 59.2 Å². The summed E-state index contributed by atoms with van der Waals surface area (Å²) in [5.74, 6) is 3.05. The van der Waals surface area contributed by atoms with Gasteiger partial charge in [0.15, 0.2) is 11.5 Å². The molecular formula is C31H39N2O4+. The summed E-state index contributed by atoms with van der Waals surface area (Å²) in [5, 5.41) is 2.33. The summed E-state index contributed by atoms with van der Waals surface area (Å²) in [6.07, 6.45) is 8.60. The van der Waals surface area contributed by atoms with Crippen molar-refractivity contribution in [3.8, 4) is 11.5 Å². The van der Waals surface area contributed by atoms with E-state index in [9.17, 15) is 4.79 Å². The molecule has 6 nitrogen and oxygen atoms in total. The van der Waals surface area contributed by atoms with E-state index < -0.39 is 0 Å². The molecule has 4 aliphatic heterocycles. The minimum Gasteiger partial charge on any atom is -0.454 e. The highest BCUT2D eigenvalue weighted by Crippen LogP contribution is 2.48. The molecule has 0 radical (unpaired) electrons. The molecule has 5 aliphatic rings. The largest absolute Gasteiger partial charge is 0.454 e. The second-order valence-corrected chi connectivity index (χ2v) is 11.9. The molecule has 2 aromatic carbocycles. The van der Waals surface area contributed by atoms with Gasteiger partial charge in [-0.3, -0.25) is 4.79 Å². The molecule has 0 aromatic heterocycles. The van der Waals surface area contributed by atoms with E-state index >= 15 is 0 Å². The smallest absolute Gasteiger partial charge is 0.232 e. The van der Waals surface area contributed by atoms with Crippen molar-refractivity contribution < 1.29 is 24.3 Å². The fraction of sp³-hybridized carbons (Fsp3) is 0.581. The van der Waals surface area contributed by atoms with E-state index in [4.69, 9.17) is 14.2 Å². The summed E-state index contributed by atoms with van der Waals surface area (Å²) in [7, 11) is 0. The lowest BCUT2D eigenvalue weighted by molar-refractivity contribution is -0.640. The molecule has 37 heavy (non-hydrogen) atoms. The monoisotopic (exact) mass is 503 g/mol. The minimum atomic E-state index is -0.307. The zero-order valence-corrected chi connectivity index (χ0v) is 21.7. The molecule has 1 amide bonds. The van der Waals surface area contributed by atoms with Gasteiger partial charge in [0.25, 0.3) is 0 Å². The number of fused-ring (bicyclic) bond motifs is 4. The first kappa shape index (κ1) is 23.5. The zero-order valence-electron chi connectivity index (χ0n) is 21.7. The summed E-state index contributed by atoms with van der Waals surface area (Å²) < 4.78 is 17.7. The van der Waals surface area contributed by atoms with Gasteiger partial charge in [-0.15, -0.1) is 0 Å². The average Bonchev–Trinajstić information content (AvgIpc) is 3.62. The molecule has 1 spiro atoms. The molecule has 2 N–H and O–H groups in total. The van der Waals surface area contributed by atoms with Crippen LogP contribution in [-0.2, 0) is 21.6 Å². The van der Waals surface area contributed by atoms with E-state index in [1.54, 1.807) is 0 Å². The predicted molar refractivity (Wildman–Crippen MR) is 140 cm³/mol. The van der Waals surface area contributed by atoms with Crippen molar-refractivity contribution in [2.24, 2.45) is 11.8 Å². The molecule has 0 bridgehead atoms. The van der Waals surface area contributed by atoms with Crippen molar-refractivity contribution in [2.45, 2.75) is 68.9 Å². The number of amides is 1. The Hall–Kier alpha value is -2.57. The molecule has 3 fully saturated rings. The summed E-state index contributed by atoms with van der Waals surface area (Å²) in [6.45, 7) is 3.95. The normalized spacial score (nSPS) is 31.5. The molecular weight excluding hydrogens is 464 g/mol. The highest BCUT2D eigenvalue weighted by molar-refractivity contribution is 5.82. The molecule has 0 unspecified atom stereocenters. The maximum absolute atomic E-state index is 14.6. The fourth-order valence-electron chi connectivity index (χ4n) is 8.19. The van der Waals surface area contributed by atoms with Crippen LogP contribution in [0.3, 0.4) is 0 Å². The molecule has 4 heterocycles. The SMILES string of the molecule is O=C([C@@H]1C[NH2+]C[C@]12COCc1c2ccc2c1OCO2)N1CC[C@@H](c2ccccc2)C[C@H]1C1CCCCC1. The van der Waals surface area contributed by atoms with Gasteiger partial charge >= 0.3 is 0 Å². The van der Waals surface area contributed by atoms with E-state index in [2.05, 4.69) is 46.6 Å². The maximum Gasteiger partial charge on any atom is 0.232 e. The van der Waals surface area contributed by atoms with Gasteiger partial charge in [-0.1, -0.05) is 55.7 Å². The quantitative estimate of drug-likeness (QED) is 0.693. The molecule has 1 saturated carbocycles. The van der Waals surface area contributed by atoms with Crippen LogP contribution in [0.5, 0.6) is 11.5 Å². The lowest BCUT2D eigenvalue weighted by Crippen LogP contribution is -2.82. The van der Waals surface area contributed by atoms with Crippen molar-refractivity contribution in [3.63, 3.8) is 0 Å². The van der Waals surface area contributed by atoms with Crippen molar-refractivity contribution in [1.82, 2.24) is 4.90 Å². The average molecular weight is 504 g/mol. The first-order chi connectivity index (χ1) is 18.2. The van der Waals surface area contributed by atoms with E-state index in [-0.39, 0.29) is 18.1 Å². The van der Waals surface area contributed by atoms with Gasteiger partial charge in [-0.25, -0.2) is 0 Å². The van der Waals surface area contributed by atoms with Crippen LogP contribution in [0.1, 0.15) is 67.6 Å². The van der Waals surface area contributed by atoms with Gasteiger partial charge in [-0.05, 0) is 54.7 Å². The molecule has 196 valence electrons. The maximum atomic E-state index is 14.6. The Balaban J connectivity index is 1.20. The van der Waals surface area contributed by atoms with Gasteiger partial charge in [0, 0.05) is 18.2 Å². The van der Waals surface area contributed by atoms with Crippen LogP contribution in [0.15, 0.2) is 42.5 Å². The van der Waals surface area contributed by atoms with E-state index in [1.807, 2.05) is 6.07 Å². The predicted octanol–water partition coefficient (Wildman–Crippen LogP) is 3.73. The van der Waals surface area contributed by atoms with E-state index in [1.165, 1.54) is 43.2 Å². The number of rotatable bonds is 3. The highest BCUT2D eigenvalue weighted by Gasteiger charge is 2.56. The topological polar surface area (TPSA) is 64.6 Å². The summed E-state index contributed by atoms with van der Waals surface area (Å²) in [4.78, 5) is 16.9. The number of hydrogen-bond acceptors (Lipinski definition) is 4. The molecule has 2 saturated heterocycles. The van der Waals surface area contributed by atoms with Gasteiger partial charge in [0.05, 0.1) is 31.7 Å². The second-order valence-electron chi connectivity index (χ2n) is 11.9.